The van der Waals surface area contributed by atoms with Crippen molar-refractivity contribution in [2.24, 2.45) is 0 Å². The maximum Gasteiger partial charge on any atom is 0.275 e. The second-order valence-corrected chi connectivity index (χ2v) is 10.0. The first-order chi connectivity index (χ1) is 20.2. The first-order valence-corrected chi connectivity index (χ1v) is 13.5. The van der Waals surface area contributed by atoms with Crippen LogP contribution in [-0.2, 0) is 4.79 Å². The number of para-hydroxylation sites is 1. The molecular formula is C34H29F2N3O3. The molecule has 4 aromatic rings. The van der Waals surface area contributed by atoms with E-state index in [2.05, 4.69) is 10.6 Å². The lowest BCUT2D eigenvalue weighted by Crippen LogP contribution is -2.33. The van der Waals surface area contributed by atoms with Crippen molar-refractivity contribution in [3.8, 4) is 11.1 Å². The fraction of sp³-hybridized carbons (Fsp3) is 0.147. The van der Waals surface area contributed by atoms with E-state index in [9.17, 15) is 14.4 Å². The van der Waals surface area contributed by atoms with Gasteiger partial charge in [-0.2, -0.15) is 0 Å². The first kappa shape index (κ1) is 28.4. The minimum atomic E-state index is -3.32. The van der Waals surface area contributed by atoms with Crippen molar-refractivity contribution in [2.75, 3.05) is 23.8 Å². The van der Waals surface area contributed by atoms with Gasteiger partial charge in [-0.05, 0) is 54.4 Å². The second kappa shape index (κ2) is 11.8. The van der Waals surface area contributed by atoms with Crippen LogP contribution in [-0.4, -0.2) is 37.2 Å². The number of allylic oxidation sites excluding steroid dienone is 1. The zero-order valence-electron chi connectivity index (χ0n) is 23.2. The molecule has 0 radical (unpaired) electrons. The van der Waals surface area contributed by atoms with E-state index in [0.29, 0.717) is 16.9 Å². The van der Waals surface area contributed by atoms with E-state index in [0.717, 1.165) is 22.8 Å². The molecule has 0 saturated heterocycles. The molecule has 0 atom stereocenters. The molecule has 3 amide bonds. The normalized spacial score (nSPS) is 15.0. The molecule has 1 aliphatic heterocycles. The lowest BCUT2D eigenvalue weighted by atomic mass is 9.97. The Morgan fingerprint density at radius 2 is 1.48 bits per heavy atom. The van der Waals surface area contributed by atoms with Crippen LogP contribution in [0.5, 0.6) is 0 Å². The van der Waals surface area contributed by atoms with E-state index < -0.39 is 29.7 Å². The largest absolute Gasteiger partial charge is 0.356 e. The van der Waals surface area contributed by atoms with E-state index in [1.165, 1.54) is 18.0 Å². The van der Waals surface area contributed by atoms with Crippen molar-refractivity contribution in [3.05, 3.63) is 125 Å². The van der Waals surface area contributed by atoms with Gasteiger partial charge in [-0.25, -0.2) is 8.78 Å². The predicted octanol–water partition coefficient (Wildman–Crippen LogP) is 6.73. The number of hydrogen-bond acceptors (Lipinski definition) is 3. The number of amides is 3. The summed E-state index contributed by atoms with van der Waals surface area (Å²) in [5, 5.41) is 5.23. The highest BCUT2D eigenvalue weighted by atomic mass is 19.3. The van der Waals surface area contributed by atoms with E-state index >= 15 is 8.78 Å². The molecule has 0 spiro atoms. The Morgan fingerprint density at radius 3 is 2.17 bits per heavy atom. The van der Waals surface area contributed by atoms with Crippen LogP contribution in [0.25, 0.3) is 16.7 Å². The molecule has 2 N–H and O–H groups in total. The molecule has 0 bridgehead atoms. The van der Waals surface area contributed by atoms with Gasteiger partial charge in [0.2, 0.25) is 5.91 Å². The van der Waals surface area contributed by atoms with Gasteiger partial charge in [-0.3, -0.25) is 14.4 Å². The van der Waals surface area contributed by atoms with E-state index in [4.69, 9.17) is 0 Å². The van der Waals surface area contributed by atoms with E-state index in [1.807, 2.05) is 43.3 Å². The molecule has 0 aliphatic carbocycles. The average Bonchev–Trinajstić information content (AvgIpc) is 3.11. The molecule has 42 heavy (non-hydrogen) atoms. The molecule has 8 heteroatoms. The lowest BCUT2D eigenvalue weighted by molar-refractivity contribution is -0.116. The highest BCUT2D eigenvalue weighted by Crippen LogP contribution is 2.43. The highest BCUT2D eigenvalue weighted by molar-refractivity contribution is 6.11. The van der Waals surface area contributed by atoms with Gasteiger partial charge < -0.3 is 15.5 Å². The summed E-state index contributed by atoms with van der Waals surface area (Å²) in [6, 6.07) is 27.9. The molecular weight excluding hydrogens is 536 g/mol. The van der Waals surface area contributed by atoms with Crippen molar-refractivity contribution in [2.45, 2.75) is 19.3 Å². The quantitative estimate of drug-likeness (QED) is 0.264. The first-order valence-electron chi connectivity index (χ1n) is 13.5. The molecule has 212 valence electrons. The number of alkyl halides is 2. The fourth-order valence-electron chi connectivity index (χ4n) is 4.96. The summed E-state index contributed by atoms with van der Waals surface area (Å²) in [4.78, 5) is 40.1. The number of benzene rings is 4. The minimum Gasteiger partial charge on any atom is -0.356 e. The van der Waals surface area contributed by atoms with Gasteiger partial charge >= 0.3 is 0 Å². The number of rotatable bonds is 5. The van der Waals surface area contributed by atoms with Crippen LogP contribution < -0.4 is 15.5 Å². The number of anilines is 2. The van der Waals surface area contributed by atoms with Gasteiger partial charge in [0.05, 0.1) is 5.69 Å². The smallest absolute Gasteiger partial charge is 0.275 e. The minimum absolute atomic E-state index is 0.119. The van der Waals surface area contributed by atoms with Gasteiger partial charge in [-0.15, -0.1) is 0 Å². The third kappa shape index (κ3) is 5.83. The number of carbonyl (C=O) groups is 3. The van der Waals surface area contributed by atoms with Crippen LogP contribution in [0.2, 0.25) is 0 Å². The third-order valence-electron chi connectivity index (χ3n) is 7.22. The Morgan fingerprint density at radius 1 is 0.833 bits per heavy atom. The highest BCUT2D eigenvalue weighted by Gasteiger charge is 2.41. The summed E-state index contributed by atoms with van der Waals surface area (Å²) in [5.74, 6) is -4.74. The van der Waals surface area contributed by atoms with Crippen molar-refractivity contribution >= 4 is 34.7 Å². The number of hydrogen-bond donors (Lipinski definition) is 2. The lowest BCUT2D eigenvalue weighted by Gasteiger charge is -2.23. The summed E-state index contributed by atoms with van der Waals surface area (Å²) in [6.07, 6.45) is 0.242. The van der Waals surface area contributed by atoms with Crippen molar-refractivity contribution < 1.29 is 23.2 Å². The molecule has 1 aliphatic rings. The predicted molar refractivity (Wildman–Crippen MR) is 161 cm³/mol. The number of carbonyl (C=O) groups excluding carboxylic acids is 3. The maximum absolute atomic E-state index is 15.2. The molecule has 6 nitrogen and oxygen atoms in total. The third-order valence-corrected chi connectivity index (χ3v) is 7.22. The summed E-state index contributed by atoms with van der Waals surface area (Å²) >= 11 is 0. The van der Waals surface area contributed by atoms with Crippen molar-refractivity contribution in [1.82, 2.24) is 5.32 Å². The van der Waals surface area contributed by atoms with Gasteiger partial charge in [0.25, 0.3) is 17.7 Å². The molecule has 5 rings (SSSR count). The number of fused-ring (bicyclic) bond motifs is 1. The van der Waals surface area contributed by atoms with Crippen LogP contribution in [0.3, 0.4) is 0 Å². The number of aryl methyl sites for hydroxylation is 1. The second-order valence-electron chi connectivity index (χ2n) is 10.0. The molecule has 0 saturated carbocycles. The summed E-state index contributed by atoms with van der Waals surface area (Å²) < 4.78 is 30.4. The number of nitrogens with one attached hydrogen (secondary N) is 2. The molecule has 4 aromatic carbocycles. The Hall–Kier alpha value is -5.11. The van der Waals surface area contributed by atoms with Crippen LogP contribution >= 0.6 is 0 Å². The van der Waals surface area contributed by atoms with Gasteiger partial charge in [0, 0.05) is 54.0 Å². The zero-order chi connectivity index (χ0) is 29.9. The topological polar surface area (TPSA) is 78.5 Å². The van der Waals surface area contributed by atoms with Crippen LogP contribution in [0.1, 0.15) is 38.3 Å². The van der Waals surface area contributed by atoms with Crippen LogP contribution in [0, 0.1) is 6.92 Å². The van der Waals surface area contributed by atoms with Crippen molar-refractivity contribution in [3.63, 3.8) is 0 Å². The Kier molecular flexibility index (Phi) is 7.97. The standard InChI is InChI=1S/C34H29F2N3O3/c1-22-11-13-23(14-12-22)26-7-3-4-8-27(26)32(41)38-25-17-15-24(16-18-25)33(42)39-20-19-34(35,36)29(21-31(40)37-2)28-9-5-6-10-30(28)39/h3-18,21H,19-20H2,1-2H3,(H,37,40)(H,38,41)/b29-21-. The van der Waals surface area contributed by atoms with Crippen molar-refractivity contribution in [1.29, 1.82) is 0 Å². The Balaban J connectivity index is 1.39. The summed E-state index contributed by atoms with van der Waals surface area (Å²) in [5.41, 5.74) is 4.06. The van der Waals surface area contributed by atoms with E-state index in [1.54, 1.807) is 54.6 Å². The zero-order valence-corrected chi connectivity index (χ0v) is 23.2. The van der Waals surface area contributed by atoms with Crippen LogP contribution in [0.15, 0.2) is 103 Å². The molecule has 0 unspecified atom stereocenters. The van der Waals surface area contributed by atoms with Crippen LogP contribution in [0.4, 0.5) is 20.2 Å². The summed E-state index contributed by atoms with van der Waals surface area (Å²) in [7, 11) is 1.37. The molecule has 0 aromatic heterocycles. The number of nitrogens with zero attached hydrogens (tertiary/aromatic N) is 1. The van der Waals surface area contributed by atoms with Gasteiger partial charge in [0.15, 0.2) is 0 Å². The van der Waals surface area contributed by atoms with Gasteiger partial charge in [-0.1, -0.05) is 66.2 Å². The van der Waals surface area contributed by atoms with Gasteiger partial charge in [0.1, 0.15) is 0 Å². The summed E-state index contributed by atoms with van der Waals surface area (Å²) in [6.45, 7) is 1.75. The molecule has 0 fully saturated rings. The SMILES string of the molecule is CNC(=O)/C=C1/c2ccccc2N(C(=O)c2ccc(NC(=O)c3ccccc3-c3ccc(C)cc3)cc2)CCC1(F)F. The Labute approximate surface area is 242 Å². The fourth-order valence-corrected chi connectivity index (χ4v) is 4.96. The van der Waals surface area contributed by atoms with E-state index in [-0.39, 0.29) is 23.6 Å². The monoisotopic (exact) mass is 565 g/mol. The Bertz CT molecular complexity index is 1680. The number of halogens is 2. The maximum atomic E-state index is 15.2. The molecule has 1 heterocycles. The average molecular weight is 566 g/mol. The number of likely N-dealkylation sites (N-methyl/N-ethyl adjacent to an activating group) is 1.